The molecule has 2 N–H and O–H groups in total. The summed E-state index contributed by atoms with van der Waals surface area (Å²) in [6.07, 6.45) is 4.73. The standard InChI is InChI=1S/C28H34N6O5S/c1-28(2,3)39-27(36)19-12-16-33(17-13-19)40(37,38)21-8-6-20(7-9-21)31-25-24-23(11-15-30-26(24)35)34(32-25)22(10-14-29)18-4-5-18/h6-9,11,15,18-19,22H,4-5,10,12-13,16-17H2,1-3H3,(H,30,35)(H,31,32). The normalized spacial score (nSPS) is 17.9. The Morgan fingerprint density at radius 2 is 1.85 bits per heavy atom. The Bertz CT molecular complexity index is 1600. The quantitative estimate of drug-likeness (QED) is 0.387. The van der Waals surface area contributed by atoms with Gasteiger partial charge in [-0.05, 0) is 82.7 Å². The summed E-state index contributed by atoms with van der Waals surface area (Å²) in [4.78, 5) is 28.0. The lowest BCUT2D eigenvalue weighted by atomic mass is 9.98. The van der Waals surface area contributed by atoms with Gasteiger partial charge in [-0.25, -0.2) is 8.42 Å². The van der Waals surface area contributed by atoms with E-state index in [1.807, 2.05) is 20.8 Å². The van der Waals surface area contributed by atoms with Crippen molar-refractivity contribution in [3.05, 3.63) is 46.9 Å². The Labute approximate surface area is 233 Å². The lowest BCUT2D eigenvalue weighted by Crippen LogP contribution is -2.41. The van der Waals surface area contributed by atoms with Gasteiger partial charge < -0.3 is 15.0 Å². The predicted molar refractivity (Wildman–Crippen MR) is 149 cm³/mol. The van der Waals surface area contributed by atoms with Gasteiger partial charge in [-0.2, -0.15) is 14.7 Å². The van der Waals surface area contributed by atoms with Crippen molar-refractivity contribution in [1.29, 1.82) is 5.26 Å². The van der Waals surface area contributed by atoms with Crippen LogP contribution in [0.4, 0.5) is 11.5 Å². The Balaban J connectivity index is 1.32. The van der Waals surface area contributed by atoms with Crippen LogP contribution in [-0.4, -0.2) is 52.1 Å². The Kier molecular flexibility index (Phi) is 7.46. The maximum Gasteiger partial charge on any atom is 0.309 e. The van der Waals surface area contributed by atoms with Crippen LogP contribution in [0.15, 0.2) is 46.2 Å². The second-order valence-corrected chi connectivity index (χ2v) is 13.4. The van der Waals surface area contributed by atoms with Gasteiger partial charge in [0.2, 0.25) is 10.0 Å². The second-order valence-electron chi connectivity index (χ2n) is 11.5. The highest BCUT2D eigenvalue weighted by molar-refractivity contribution is 7.89. The zero-order valence-corrected chi connectivity index (χ0v) is 23.7. The van der Waals surface area contributed by atoms with Crippen LogP contribution in [0.3, 0.4) is 0 Å². The van der Waals surface area contributed by atoms with E-state index >= 15 is 0 Å². The minimum absolute atomic E-state index is 0.114. The number of hydrogen-bond acceptors (Lipinski definition) is 8. The van der Waals surface area contributed by atoms with Crippen LogP contribution >= 0.6 is 0 Å². The Morgan fingerprint density at radius 1 is 1.18 bits per heavy atom. The van der Waals surface area contributed by atoms with Crippen molar-refractivity contribution in [2.75, 3.05) is 18.4 Å². The zero-order valence-electron chi connectivity index (χ0n) is 22.9. The number of esters is 1. The molecule has 1 saturated carbocycles. The molecule has 2 aliphatic rings. The van der Waals surface area contributed by atoms with E-state index in [-0.39, 0.29) is 41.5 Å². The van der Waals surface area contributed by atoms with Crippen molar-refractivity contribution in [2.45, 2.75) is 69.4 Å². The van der Waals surface area contributed by atoms with E-state index in [0.717, 1.165) is 12.8 Å². The number of anilines is 2. The Morgan fingerprint density at radius 3 is 2.45 bits per heavy atom. The third kappa shape index (κ3) is 5.76. The first kappa shape index (κ1) is 27.9. The number of piperidine rings is 1. The Hall–Kier alpha value is -3.69. The number of sulfonamides is 1. The third-order valence-electron chi connectivity index (χ3n) is 7.36. The molecule has 0 spiro atoms. The minimum Gasteiger partial charge on any atom is -0.460 e. The molecular formula is C28H34N6O5S. The summed E-state index contributed by atoms with van der Waals surface area (Å²) in [5, 5.41) is 17.6. The average molecular weight is 567 g/mol. The number of carbonyl (C=O) groups excluding carboxylic acids is 1. The van der Waals surface area contributed by atoms with E-state index in [1.54, 1.807) is 29.1 Å². The van der Waals surface area contributed by atoms with E-state index in [0.29, 0.717) is 47.6 Å². The van der Waals surface area contributed by atoms with Crippen molar-refractivity contribution in [2.24, 2.45) is 11.8 Å². The van der Waals surface area contributed by atoms with Crippen LogP contribution in [0.1, 0.15) is 58.9 Å². The van der Waals surface area contributed by atoms with Crippen LogP contribution in [0.25, 0.3) is 10.9 Å². The molecule has 2 aromatic heterocycles. The van der Waals surface area contributed by atoms with Crippen molar-refractivity contribution in [3.63, 3.8) is 0 Å². The van der Waals surface area contributed by atoms with Crippen LogP contribution in [0.2, 0.25) is 0 Å². The number of hydrogen-bond donors (Lipinski definition) is 2. The summed E-state index contributed by atoms with van der Waals surface area (Å²) >= 11 is 0. The fourth-order valence-electron chi connectivity index (χ4n) is 5.18. The van der Waals surface area contributed by atoms with E-state index in [2.05, 4.69) is 21.5 Å². The highest BCUT2D eigenvalue weighted by atomic mass is 32.2. The topological polar surface area (TPSA) is 150 Å². The van der Waals surface area contributed by atoms with Crippen LogP contribution < -0.4 is 10.9 Å². The molecule has 3 aromatic rings. The van der Waals surface area contributed by atoms with E-state index in [1.165, 1.54) is 16.4 Å². The molecule has 1 saturated heterocycles. The lowest BCUT2D eigenvalue weighted by Gasteiger charge is -2.31. The SMILES string of the molecule is CC(C)(C)OC(=O)C1CCN(S(=O)(=O)c2ccc(Nc3nn(C(CC#N)C4CC4)c4cc[nH]c(=O)c34)cc2)CC1. The zero-order chi connectivity index (χ0) is 28.7. The number of ether oxygens (including phenoxy) is 1. The van der Waals surface area contributed by atoms with Crippen molar-refractivity contribution >= 4 is 38.4 Å². The maximum atomic E-state index is 13.3. The number of nitrogens with zero attached hydrogens (tertiary/aromatic N) is 4. The summed E-state index contributed by atoms with van der Waals surface area (Å²) in [6.45, 7) is 5.92. The number of rotatable bonds is 8. The first-order valence-corrected chi connectivity index (χ1v) is 15.0. The summed E-state index contributed by atoms with van der Waals surface area (Å²) in [7, 11) is -3.75. The molecule has 5 rings (SSSR count). The molecule has 40 heavy (non-hydrogen) atoms. The van der Waals surface area contributed by atoms with Crippen molar-refractivity contribution < 1.29 is 17.9 Å². The van der Waals surface area contributed by atoms with Crippen molar-refractivity contribution in [3.8, 4) is 6.07 Å². The van der Waals surface area contributed by atoms with E-state index < -0.39 is 15.6 Å². The summed E-state index contributed by atoms with van der Waals surface area (Å²) in [5.74, 6) is 0.0985. The molecular weight excluding hydrogens is 532 g/mol. The average Bonchev–Trinajstić information content (AvgIpc) is 3.69. The van der Waals surface area contributed by atoms with Crippen LogP contribution in [0, 0.1) is 23.2 Å². The molecule has 1 unspecified atom stereocenters. The molecule has 0 bridgehead atoms. The largest absolute Gasteiger partial charge is 0.460 e. The predicted octanol–water partition coefficient (Wildman–Crippen LogP) is 4.08. The highest BCUT2D eigenvalue weighted by Crippen LogP contribution is 2.43. The van der Waals surface area contributed by atoms with Gasteiger partial charge in [0.05, 0.1) is 34.9 Å². The maximum absolute atomic E-state index is 13.3. The lowest BCUT2D eigenvalue weighted by molar-refractivity contribution is -0.161. The van der Waals surface area contributed by atoms with Gasteiger partial charge in [-0.15, -0.1) is 0 Å². The molecule has 1 aliphatic heterocycles. The molecule has 3 heterocycles. The molecule has 212 valence electrons. The molecule has 1 aliphatic carbocycles. The highest BCUT2D eigenvalue weighted by Gasteiger charge is 2.35. The number of carbonyl (C=O) groups is 1. The number of aromatic nitrogens is 3. The van der Waals surface area contributed by atoms with Gasteiger partial charge >= 0.3 is 5.97 Å². The number of nitriles is 1. The summed E-state index contributed by atoms with van der Waals surface area (Å²) in [5.41, 5.74) is 0.337. The van der Waals surface area contributed by atoms with E-state index in [4.69, 9.17) is 4.74 Å². The van der Waals surface area contributed by atoms with Crippen LogP contribution in [-0.2, 0) is 19.6 Å². The van der Waals surface area contributed by atoms with Gasteiger partial charge in [0.1, 0.15) is 11.0 Å². The van der Waals surface area contributed by atoms with Crippen molar-refractivity contribution in [1.82, 2.24) is 19.1 Å². The molecule has 1 aromatic carbocycles. The smallest absolute Gasteiger partial charge is 0.309 e. The molecule has 11 nitrogen and oxygen atoms in total. The van der Waals surface area contributed by atoms with Crippen LogP contribution in [0.5, 0.6) is 0 Å². The van der Waals surface area contributed by atoms with Gasteiger partial charge in [-0.1, -0.05) is 0 Å². The van der Waals surface area contributed by atoms with Gasteiger partial charge in [0, 0.05) is 25.0 Å². The summed E-state index contributed by atoms with van der Waals surface area (Å²) in [6, 6.07) is 10.2. The number of aromatic amines is 1. The second kappa shape index (κ2) is 10.7. The number of H-pyrrole nitrogens is 1. The molecule has 0 amide bonds. The fraction of sp³-hybridized carbons (Fsp3) is 0.500. The van der Waals surface area contributed by atoms with Gasteiger partial charge in [0.25, 0.3) is 5.56 Å². The number of pyridine rings is 1. The number of nitrogens with one attached hydrogen (secondary N) is 2. The van der Waals surface area contributed by atoms with Gasteiger partial charge in [-0.3, -0.25) is 14.3 Å². The first-order valence-electron chi connectivity index (χ1n) is 13.5. The minimum atomic E-state index is -3.75. The number of fused-ring (bicyclic) bond motifs is 1. The number of benzene rings is 1. The van der Waals surface area contributed by atoms with E-state index in [9.17, 15) is 23.3 Å². The van der Waals surface area contributed by atoms with Gasteiger partial charge in [0.15, 0.2) is 5.82 Å². The third-order valence-corrected chi connectivity index (χ3v) is 9.27. The first-order chi connectivity index (χ1) is 19.0. The monoisotopic (exact) mass is 566 g/mol. The molecule has 2 fully saturated rings. The molecule has 0 radical (unpaired) electrons. The fourth-order valence-corrected chi connectivity index (χ4v) is 6.65. The molecule has 12 heteroatoms. The summed E-state index contributed by atoms with van der Waals surface area (Å²) < 4.78 is 35.2. The molecule has 1 atom stereocenters.